The summed E-state index contributed by atoms with van der Waals surface area (Å²) >= 11 is 5.23. The Hall–Kier alpha value is -2.15. The van der Waals surface area contributed by atoms with E-state index in [9.17, 15) is 0 Å². The van der Waals surface area contributed by atoms with Crippen LogP contribution in [0.3, 0.4) is 0 Å². The van der Waals surface area contributed by atoms with Crippen molar-refractivity contribution >= 4 is 18.4 Å². The van der Waals surface area contributed by atoms with Crippen molar-refractivity contribution in [3.8, 4) is 11.5 Å². The highest BCUT2D eigenvalue weighted by Gasteiger charge is 2.29. The second kappa shape index (κ2) is 6.31. The van der Waals surface area contributed by atoms with Gasteiger partial charge in [0.1, 0.15) is 0 Å². The van der Waals surface area contributed by atoms with Gasteiger partial charge in [-0.1, -0.05) is 0 Å². The van der Waals surface area contributed by atoms with Crippen molar-refractivity contribution in [1.82, 2.24) is 14.9 Å². The summed E-state index contributed by atoms with van der Waals surface area (Å²) in [5, 5.41) is 11.5. The van der Waals surface area contributed by atoms with E-state index >= 15 is 0 Å². The molecule has 0 spiro atoms. The Morgan fingerprint density at radius 3 is 2.95 bits per heavy atom. The Morgan fingerprint density at radius 2 is 2.27 bits per heavy atom. The standard InChI is InChI=1S/C15H18N4O2S/c1-3-21-13-8-10(4-7-12(13)20-2)9-16-19-14(11-5-6-11)17-18-15(19)22/h4,7-9,11H,3,5-6H2,1-2H3,(H,18,22)/b16-9-. The molecule has 1 aliphatic carbocycles. The monoisotopic (exact) mass is 318 g/mol. The van der Waals surface area contributed by atoms with Crippen LogP contribution in [0, 0.1) is 4.77 Å². The first-order valence-electron chi connectivity index (χ1n) is 7.25. The van der Waals surface area contributed by atoms with Gasteiger partial charge in [0.15, 0.2) is 17.3 Å². The lowest BCUT2D eigenvalue weighted by atomic mass is 10.2. The fourth-order valence-corrected chi connectivity index (χ4v) is 2.37. The van der Waals surface area contributed by atoms with Gasteiger partial charge in [-0.2, -0.15) is 14.9 Å². The molecule has 3 rings (SSSR count). The molecule has 1 aromatic carbocycles. The first-order chi connectivity index (χ1) is 10.7. The molecule has 1 N–H and O–H groups in total. The van der Waals surface area contributed by atoms with Gasteiger partial charge in [-0.25, -0.2) is 0 Å². The Balaban J connectivity index is 1.88. The number of ether oxygens (including phenoxy) is 2. The number of hydrogen-bond acceptors (Lipinski definition) is 5. The molecule has 1 heterocycles. The largest absolute Gasteiger partial charge is 0.493 e. The second-order valence-electron chi connectivity index (χ2n) is 5.06. The molecule has 1 fully saturated rings. The third-order valence-corrected chi connectivity index (χ3v) is 3.69. The topological polar surface area (TPSA) is 64.4 Å². The highest BCUT2D eigenvalue weighted by atomic mass is 32.1. The molecule has 0 bridgehead atoms. The van der Waals surface area contributed by atoms with Gasteiger partial charge in [0.05, 0.1) is 19.9 Å². The van der Waals surface area contributed by atoms with E-state index in [1.54, 1.807) is 18.0 Å². The summed E-state index contributed by atoms with van der Waals surface area (Å²) in [7, 11) is 1.62. The van der Waals surface area contributed by atoms with Crippen LogP contribution < -0.4 is 9.47 Å². The van der Waals surface area contributed by atoms with Gasteiger partial charge in [-0.05, 0) is 55.7 Å². The maximum absolute atomic E-state index is 5.57. The average molecular weight is 318 g/mol. The van der Waals surface area contributed by atoms with Gasteiger partial charge >= 0.3 is 0 Å². The number of rotatable bonds is 6. The number of nitrogens with one attached hydrogen (secondary N) is 1. The van der Waals surface area contributed by atoms with Crippen LogP contribution >= 0.6 is 12.2 Å². The van der Waals surface area contributed by atoms with Crippen LogP contribution in [0.1, 0.15) is 37.1 Å². The zero-order valence-electron chi connectivity index (χ0n) is 12.6. The van der Waals surface area contributed by atoms with Gasteiger partial charge < -0.3 is 9.47 Å². The molecule has 0 unspecified atom stereocenters. The van der Waals surface area contributed by atoms with E-state index in [0.717, 1.165) is 24.2 Å². The quantitative estimate of drug-likeness (QED) is 0.656. The maximum Gasteiger partial charge on any atom is 0.216 e. The van der Waals surface area contributed by atoms with E-state index in [1.165, 1.54) is 0 Å². The lowest BCUT2D eigenvalue weighted by Crippen LogP contribution is -1.99. The predicted octanol–water partition coefficient (Wildman–Crippen LogP) is 3.11. The number of H-pyrrole nitrogens is 1. The zero-order chi connectivity index (χ0) is 15.5. The number of aromatic amines is 1. The number of nitrogens with zero attached hydrogens (tertiary/aromatic N) is 3. The summed E-state index contributed by atoms with van der Waals surface area (Å²) < 4.78 is 13.0. The number of hydrogen-bond donors (Lipinski definition) is 1. The normalized spacial score (nSPS) is 14.5. The Labute approximate surface area is 133 Å². The van der Waals surface area contributed by atoms with E-state index in [2.05, 4.69) is 15.3 Å². The van der Waals surface area contributed by atoms with Crippen molar-refractivity contribution in [1.29, 1.82) is 0 Å². The number of aromatic nitrogens is 3. The molecule has 1 aliphatic rings. The molecule has 116 valence electrons. The van der Waals surface area contributed by atoms with E-state index in [4.69, 9.17) is 21.7 Å². The summed E-state index contributed by atoms with van der Waals surface area (Å²) in [6, 6.07) is 5.68. The summed E-state index contributed by atoms with van der Waals surface area (Å²) in [5.74, 6) is 2.78. The van der Waals surface area contributed by atoms with Crippen LogP contribution in [0.4, 0.5) is 0 Å². The number of benzene rings is 1. The highest BCUT2D eigenvalue weighted by Crippen LogP contribution is 2.38. The minimum atomic E-state index is 0.472. The number of methoxy groups -OCH3 is 1. The minimum Gasteiger partial charge on any atom is -0.493 e. The SMILES string of the molecule is CCOc1cc(/C=N\n2c(C3CC3)n[nH]c2=S)ccc1OC. The molecular formula is C15H18N4O2S. The molecule has 6 nitrogen and oxygen atoms in total. The summed E-state index contributed by atoms with van der Waals surface area (Å²) in [4.78, 5) is 0. The first-order valence-corrected chi connectivity index (χ1v) is 7.66. The molecule has 0 aliphatic heterocycles. The molecule has 0 atom stereocenters. The van der Waals surface area contributed by atoms with Crippen molar-refractivity contribution in [2.45, 2.75) is 25.7 Å². The van der Waals surface area contributed by atoms with Crippen LogP contribution in [0.25, 0.3) is 0 Å². The predicted molar refractivity (Wildman–Crippen MR) is 86.5 cm³/mol. The third-order valence-electron chi connectivity index (χ3n) is 3.43. The Kier molecular flexibility index (Phi) is 4.24. The van der Waals surface area contributed by atoms with Gasteiger partial charge in [0.2, 0.25) is 4.77 Å². The smallest absolute Gasteiger partial charge is 0.216 e. The third kappa shape index (κ3) is 3.04. The van der Waals surface area contributed by atoms with E-state index in [1.807, 2.05) is 25.1 Å². The van der Waals surface area contributed by atoms with E-state index < -0.39 is 0 Å². The minimum absolute atomic E-state index is 0.472. The zero-order valence-corrected chi connectivity index (χ0v) is 13.4. The van der Waals surface area contributed by atoms with Crippen LogP contribution in [-0.4, -0.2) is 34.8 Å². The molecule has 1 saturated carbocycles. The van der Waals surface area contributed by atoms with Crippen molar-refractivity contribution in [2.75, 3.05) is 13.7 Å². The van der Waals surface area contributed by atoms with E-state index in [-0.39, 0.29) is 0 Å². The summed E-state index contributed by atoms with van der Waals surface area (Å²) in [5.41, 5.74) is 0.911. The fourth-order valence-electron chi connectivity index (χ4n) is 2.19. The molecule has 0 radical (unpaired) electrons. The second-order valence-corrected chi connectivity index (χ2v) is 5.45. The Morgan fingerprint density at radius 1 is 1.45 bits per heavy atom. The van der Waals surface area contributed by atoms with E-state index in [0.29, 0.717) is 28.8 Å². The van der Waals surface area contributed by atoms with Gasteiger partial charge in [-0.15, -0.1) is 0 Å². The summed E-state index contributed by atoms with van der Waals surface area (Å²) in [6.45, 7) is 2.52. The molecular weight excluding hydrogens is 300 g/mol. The lowest BCUT2D eigenvalue weighted by Gasteiger charge is -2.09. The average Bonchev–Trinajstić information content (AvgIpc) is 3.30. The Bertz CT molecular complexity index is 746. The van der Waals surface area contributed by atoms with Gasteiger partial charge in [0.25, 0.3) is 0 Å². The van der Waals surface area contributed by atoms with Crippen molar-refractivity contribution < 1.29 is 9.47 Å². The van der Waals surface area contributed by atoms with Crippen molar-refractivity contribution in [2.24, 2.45) is 5.10 Å². The van der Waals surface area contributed by atoms with Gasteiger partial charge in [-0.3, -0.25) is 5.10 Å². The van der Waals surface area contributed by atoms with Gasteiger partial charge in [0, 0.05) is 5.92 Å². The van der Waals surface area contributed by atoms with Crippen LogP contribution in [0.5, 0.6) is 11.5 Å². The van der Waals surface area contributed by atoms with Crippen LogP contribution in [-0.2, 0) is 0 Å². The molecule has 22 heavy (non-hydrogen) atoms. The summed E-state index contributed by atoms with van der Waals surface area (Å²) in [6.07, 6.45) is 4.04. The molecule has 7 heteroatoms. The molecule has 0 saturated heterocycles. The van der Waals surface area contributed by atoms with Crippen LogP contribution in [0.2, 0.25) is 0 Å². The molecule has 0 amide bonds. The molecule has 1 aromatic heterocycles. The lowest BCUT2D eigenvalue weighted by molar-refractivity contribution is 0.311. The first kappa shape index (κ1) is 14.8. The fraction of sp³-hybridized carbons (Fsp3) is 0.400. The highest BCUT2D eigenvalue weighted by molar-refractivity contribution is 7.71. The van der Waals surface area contributed by atoms with Crippen molar-refractivity contribution in [3.63, 3.8) is 0 Å². The maximum atomic E-state index is 5.57. The molecule has 2 aromatic rings. The van der Waals surface area contributed by atoms with Crippen molar-refractivity contribution in [3.05, 3.63) is 34.4 Å². The van der Waals surface area contributed by atoms with Crippen LogP contribution in [0.15, 0.2) is 23.3 Å².